The molecular weight excluding hydrogens is 389 g/mol. The zero-order chi connectivity index (χ0) is 20.4. The van der Waals surface area contributed by atoms with Crippen LogP contribution in [0.2, 0.25) is 0 Å². The van der Waals surface area contributed by atoms with Gasteiger partial charge in [0.15, 0.2) is 5.17 Å². The average molecular weight is 409 g/mol. The molecular formula is C21H20FN5OS. The molecule has 1 aromatic heterocycles. The third-order valence-electron chi connectivity index (χ3n) is 4.93. The predicted octanol–water partition coefficient (Wildman–Crippen LogP) is 3.93. The second-order valence-corrected chi connectivity index (χ2v) is 8.08. The van der Waals surface area contributed by atoms with Crippen LogP contribution in [0.3, 0.4) is 0 Å². The minimum Gasteiger partial charge on any atom is -0.379 e. The first-order valence-electron chi connectivity index (χ1n) is 9.14. The molecule has 8 heteroatoms. The molecule has 1 atom stereocenters. The smallest absolute Gasteiger partial charge is 0.255 e. The van der Waals surface area contributed by atoms with Gasteiger partial charge in [-0.25, -0.2) is 9.07 Å². The molecule has 148 valence electrons. The maximum atomic E-state index is 14.4. The molecule has 1 aliphatic heterocycles. The van der Waals surface area contributed by atoms with Crippen LogP contribution in [0.4, 0.5) is 10.1 Å². The van der Waals surface area contributed by atoms with E-state index < -0.39 is 11.4 Å². The fraction of sp³-hybridized carbons (Fsp3) is 0.190. The van der Waals surface area contributed by atoms with Crippen LogP contribution in [0.1, 0.15) is 29.3 Å². The number of hydrogen-bond donors (Lipinski definition) is 2. The van der Waals surface area contributed by atoms with Gasteiger partial charge in [-0.1, -0.05) is 17.8 Å². The summed E-state index contributed by atoms with van der Waals surface area (Å²) >= 11 is 1.51. The number of hydrogen-bond acceptors (Lipinski definition) is 5. The Bertz CT molecular complexity index is 1070. The number of halogens is 1. The second-order valence-electron chi connectivity index (χ2n) is 6.97. The number of thioether (sulfide) groups is 1. The Morgan fingerprint density at radius 3 is 2.76 bits per heavy atom. The first-order chi connectivity index (χ1) is 13.9. The Balaban J connectivity index is 1.56. The lowest BCUT2D eigenvalue weighted by atomic mass is 9.89. The molecule has 0 fully saturated rings. The normalized spacial score (nSPS) is 18.9. The summed E-state index contributed by atoms with van der Waals surface area (Å²) in [6.07, 6.45) is 4.28. The van der Waals surface area contributed by atoms with Crippen molar-refractivity contribution >= 4 is 28.5 Å². The molecule has 1 amide bonds. The van der Waals surface area contributed by atoms with E-state index in [0.29, 0.717) is 10.7 Å². The summed E-state index contributed by atoms with van der Waals surface area (Å²) < 4.78 is 16.1. The number of aromatic nitrogens is 2. The highest BCUT2D eigenvalue weighted by molar-refractivity contribution is 8.13. The molecule has 4 rings (SSSR count). The van der Waals surface area contributed by atoms with E-state index in [1.54, 1.807) is 47.3 Å². The molecule has 1 aliphatic rings. The van der Waals surface area contributed by atoms with Gasteiger partial charge in [0.05, 0.1) is 16.9 Å². The molecule has 3 N–H and O–H groups in total. The van der Waals surface area contributed by atoms with Gasteiger partial charge in [0.25, 0.3) is 5.91 Å². The summed E-state index contributed by atoms with van der Waals surface area (Å²) in [6, 6.07) is 13.4. The number of benzene rings is 2. The fourth-order valence-corrected chi connectivity index (χ4v) is 4.21. The Labute approximate surface area is 172 Å². The first-order valence-corrected chi connectivity index (χ1v) is 10.1. The van der Waals surface area contributed by atoms with E-state index in [4.69, 9.17) is 5.73 Å². The molecule has 29 heavy (non-hydrogen) atoms. The van der Waals surface area contributed by atoms with Crippen molar-refractivity contribution < 1.29 is 9.18 Å². The van der Waals surface area contributed by atoms with Crippen LogP contribution < -0.4 is 11.1 Å². The van der Waals surface area contributed by atoms with Crippen LogP contribution in [-0.4, -0.2) is 26.6 Å². The van der Waals surface area contributed by atoms with Gasteiger partial charge in [-0.15, -0.1) is 0 Å². The molecule has 0 radical (unpaired) electrons. The number of anilines is 1. The number of rotatable bonds is 4. The Morgan fingerprint density at radius 1 is 1.28 bits per heavy atom. The van der Waals surface area contributed by atoms with Crippen molar-refractivity contribution in [3.8, 4) is 5.69 Å². The molecule has 0 saturated carbocycles. The maximum Gasteiger partial charge on any atom is 0.255 e. The van der Waals surface area contributed by atoms with E-state index in [9.17, 15) is 9.18 Å². The number of carbonyl (C=O) groups excluding carboxylic acids is 1. The summed E-state index contributed by atoms with van der Waals surface area (Å²) in [5.74, 6) is -0.0468. The van der Waals surface area contributed by atoms with Crippen molar-refractivity contribution in [2.24, 2.45) is 10.7 Å². The largest absolute Gasteiger partial charge is 0.379 e. The summed E-state index contributed by atoms with van der Waals surface area (Å²) in [5, 5.41) is 7.34. The van der Waals surface area contributed by atoms with Crippen molar-refractivity contribution in [2.45, 2.75) is 18.9 Å². The highest BCUT2D eigenvalue weighted by atomic mass is 32.2. The molecule has 0 bridgehead atoms. The number of carbonyl (C=O) groups is 1. The third kappa shape index (κ3) is 4.02. The second kappa shape index (κ2) is 7.71. The highest BCUT2D eigenvalue weighted by Crippen LogP contribution is 2.36. The molecule has 2 heterocycles. The van der Waals surface area contributed by atoms with Crippen LogP contribution in [0.25, 0.3) is 5.69 Å². The molecule has 6 nitrogen and oxygen atoms in total. The summed E-state index contributed by atoms with van der Waals surface area (Å²) in [7, 11) is 0. The van der Waals surface area contributed by atoms with Crippen LogP contribution in [-0.2, 0) is 5.54 Å². The zero-order valence-corrected chi connectivity index (χ0v) is 16.6. The molecule has 0 spiro atoms. The van der Waals surface area contributed by atoms with Gasteiger partial charge in [-0.05, 0) is 61.4 Å². The summed E-state index contributed by atoms with van der Waals surface area (Å²) in [5.41, 5.74) is 7.54. The minimum atomic E-state index is -0.534. The molecule has 1 unspecified atom stereocenters. The van der Waals surface area contributed by atoms with Gasteiger partial charge in [0.2, 0.25) is 0 Å². The number of nitrogens with two attached hydrogens (primary N) is 1. The lowest BCUT2D eigenvalue weighted by Gasteiger charge is -2.30. The van der Waals surface area contributed by atoms with Crippen molar-refractivity contribution in [2.75, 3.05) is 11.1 Å². The quantitative estimate of drug-likeness (QED) is 0.684. The molecule has 0 aliphatic carbocycles. The van der Waals surface area contributed by atoms with Crippen LogP contribution in [0, 0.1) is 5.82 Å². The van der Waals surface area contributed by atoms with Gasteiger partial charge in [-0.3, -0.25) is 9.79 Å². The van der Waals surface area contributed by atoms with Crippen molar-refractivity contribution in [1.82, 2.24) is 9.78 Å². The standard InChI is InChI=1S/C21H20FN5OS/c1-21(9-12-29-20(23)26-21)15-5-8-17(22)18(13-15)25-19(28)14-3-6-16(7-4-14)27-11-2-10-24-27/h2-8,10-11,13H,9,12H2,1H3,(H2,23,26)(H,25,28). The maximum absolute atomic E-state index is 14.4. The van der Waals surface area contributed by atoms with Gasteiger partial charge < -0.3 is 11.1 Å². The molecule has 3 aromatic rings. The van der Waals surface area contributed by atoms with Gasteiger partial charge in [0.1, 0.15) is 5.82 Å². The predicted molar refractivity (Wildman–Crippen MR) is 114 cm³/mol. The van der Waals surface area contributed by atoms with Crippen molar-refractivity contribution in [3.05, 3.63) is 77.9 Å². The van der Waals surface area contributed by atoms with Crippen molar-refractivity contribution in [3.63, 3.8) is 0 Å². The SMILES string of the molecule is CC1(c2ccc(F)c(NC(=O)c3ccc(-n4cccn4)cc3)c2)CCSC(N)=N1. The molecule has 2 aromatic carbocycles. The Kier molecular flexibility index (Phi) is 5.10. The lowest BCUT2D eigenvalue weighted by molar-refractivity contribution is 0.102. The Hall–Kier alpha value is -3.13. The average Bonchev–Trinajstić information content (AvgIpc) is 3.24. The van der Waals surface area contributed by atoms with Crippen molar-refractivity contribution in [1.29, 1.82) is 0 Å². The van der Waals surface area contributed by atoms with E-state index in [2.05, 4.69) is 15.4 Å². The van der Waals surface area contributed by atoms with E-state index in [-0.39, 0.29) is 11.6 Å². The van der Waals surface area contributed by atoms with Gasteiger partial charge >= 0.3 is 0 Å². The Morgan fingerprint density at radius 2 is 2.07 bits per heavy atom. The first kappa shape index (κ1) is 19.2. The van der Waals surface area contributed by atoms with E-state index >= 15 is 0 Å². The number of nitrogens with zero attached hydrogens (tertiary/aromatic N) is 3. The summed E-state index contributed by atoms with van der Waals surface area (Å²) in [6.45, 7) is 1.96. The highest BCUT2D eigenvalue weighted by Gasteiger charge is 2.30. The van der Waals surface area contributed by atoms with Crippen LogP contribution in [0.5, 0.6) is 0 Å². The van der Waals surface area contributed by atoms with Crippen LogP contribution in [0.15, 0.2) is 65.9 Å². The van der Waals surface area contributed by atoms with Crippen LogP contribution >= 0.6 is 11.8 Å². The minimum absolute atomic E-state index is 0.122. The van der Waals surface area contributed by atoms with E-state index in [1.807, 2.05) is 19.2 Å². The monoisotopic (exact) mass is 409 g/mol. The third-order valence-corrected chi connectivity index (χ3v) is 5.73. The zero-order valence-electron chi connectivity index (χ0n) is 15.8. The number of nitrogens with one attached hydrogen (secondary N) is 1. The van der Waals surface area contributed by atoms with E-state index in [0.717, 1.165) is 23.4 Å². The number of amidine groups is 1. The van der Waals surface area contributed by atoms with E-state index in [1.165, 1.54) is 17.8 Å². The fourth-order valence-electron chi connectivity index (χ4n) is 3.23. The topological polar surface area (TPSA) is 85.3 Å². The van der Waals surface area contributed by atoms with Gasteiger partial charge in [0, 0.05) is 23.7 Å². The lowest BCUT2D eigenvalue weighted by Crippen LogP contribution is -2.29. The summed E-state index contributed by atoms with van der Waals surface area (Å²) in [4.78, 5) is 17.2. The van der Waals surface area contributed by atoms with Gasteiger partial charge in [-0.2, -0.15) is 5.10 Å². The molecule has 0 saturated heterocycles. The number of amides is 1. The number of aliphatic imine (C=N–C) groups is 1.